The van der Waals surface area contributed by atoms with Crippen molar-refractivity contribution in [1.29, 1.82) is 0 Å². The molecule has 0 aliphatic carbocycles. The normalized spacial score (nSPS) is 15.5. The van der Waals surface area contributed by atoms with Crippen molar-refractivity contribution < 1.29 is 0 Å². The molecule has 72 valence electrons. The predicted octanol–water partition coefficient (Wildman–Crippen LogP) is 2.75. The first-order valence-electron chi connectivity index (χ1n) is 4.85. The van der Waals surface area contributed by atoms with Gasteiger partial charge in [0.1, 0.15) is 0 Å². The second-order valence-electron chi connectivity index (χ2n) is 4.01. The lowest BCUT2D eigenvalue weighted by Gasteiger charge is -2.18. The first-order chi connectivity index (χ1) is 6.02. The van der Waals surface area contributed by atoms with Crippen LogP contribution in [0.15, 0.2) is 18.2 Å². The number of nitrogens with two attached hydrogens (primary N) is 1. The minimum Gasteiger partial charge on any atom is -0.327 e. The molecule has 0 radical (unpaired) electrons. The summed E-state index contributed by atoms with van der Waals surface area (Å²) in [7, 11) is 0. The summed E-state index contributed by atoms with van der Waals surface area (Å²) in [6.45, 7) is 8.51. The molecule has 0 aliphatic heterocycles. The number of rotatable bonds is 2. The summed E-state index contributed by atoms with van der Waals surface area (Å²) in [4.78, 5) is 0. The molecule has 0 aromatic heterocycles. The molecule has 0 saturated carbocycles. The van der Waals surface area contributed by atoms with Gasteiger partial charge in [-0.1, -0.05) is 30.7 Å². The smallest absolute Gasteiger partial charge is 0.00767 e. The van der Waals surface area contributed by atoms with E-state index in [1.165, 1.54) is 16.7 Å². The molecule has 0 saturated heterocycles. The monoisotopic (exact) mass is 177 g/mol. The Morgan fingerprint density at radius 3 is 2.23 bits per heavy atom. The van der Waals surface area contributed by atoms with E-state index in [4.69, 9.17) is 5.73 Å². The molecule has 1 aromatic rings. The predicted molar refractivity (Wildman–Crippen MR) is 58.0 cm³/mol. The van der Waals surface area contributed by atoms with Crippen LogP contribution in [0.3, 0.4) is 0 Å². The molecule has 2 N–H and O–H groups in total. The Morgan fingerprint density at radius 2 is 1.77 bits per heavy atom. The van der Waals surface area contributed by atoms with Gasteiger partial charge in [0.05, 0.1) is 0 Å². The van der Waals surface area contributed by atoms with Crippen LogP contribution in [0.1, 0.15) is 36.5 Å². The Balaban J connectivity index is 3.01. The Kier molecular flexibility index (Phi) is 3.10. The van der Waals surface area contributed by atoms with E-state index in [0.717, 1.165) is 0 Å². The van der Waals surface area contributed by atoms with Crippen LogP contribution in [0.5, 0.6) is 0 Å². The summed E-state index contributed by atoms with van der Waals surface area (Å²) >= 11 is 0. The highest BCUT2D eigenvalue weighted by molar-refractivity contribution is 5.33. The van der Waals surface area contributed by atoms with E-state index in [-0.39, 0.29) is 6.04 Å². The van der Waals surface area contributed by atoms with E-state index in [1.807, 2.05) is 0 Å². The van der Waals surface area contributed by atoms with Crippen LogP contribution in [0.25, 0.3) is 0 Å². The van der Waals surface area contributed by atoms with Crippen LogP contribution in [0.2, 0.25) is 0 Å². The Hall–Kier alpha value is -0.820. The van der Waals surface area contributed by atoms with Gasteiger partial charge in [0.15, 0.2) is 0 Å². The van der Waals surface area contributed by atoms with E-state index >= 15 is 0 Å². The van der Waals surface area contributed by atoms with Gasteiger partial charge in [-0.15, -0.1) is 0 Å². The molecule has 1 aromatic carbocycles. The maximum Gasteiger partial charge on any atom is 0.00767 e. The zero-order valence-electron chi connectivity index (χ0n) is 8.96. The molecule has 2 unspecified atom stereocenters. The van der Waals surface area contributed by atoms with Gasteiger partial charge >= 0.3 is 0 Å². The summed E-state index contributed by atoms with van der Waals surface area (Å²) in [6.07, 6.45) is 0. The van der Waals surface area contributed by atoms with Gasteiger partial charge in [0.2, 0.25) is 0 Å². The SMILES string of the molecule is Cc1ccc(C(C)C(C)N)c(C)c1. The third-order valence-electron chi connectivity index (χ3n) is 2.70. The highest BCUT2D eigenvalue weighted by atomic mass is 14.6. The van der Waals surface area contributed by atoms with Crippen molar-refractivity contribution in [3.05, 3.63) is 34.9 Å². The maximum atomic E-state index is 5.87. The number of hydrogen-bond acceptors (Lipinski definition) is 1. The van der Waals surface area contributed by atoms with Crippen LogP contribution >= 0.6 is 0 Å². The van der Waals surface area contributed by atoms with Gasteiger partial charge in [-0.2, -0.15) is 0 Å². The number of aryl methyl sites for hydroxylation is 2. The second-order valence-corrected chi connectivity index (χ2v) is 4.01. The Morgan fingerprint density at radius 1 is 1.15 bits per heavy atom. The fourth-order valence-corrected chi connectivity index (χ4v) is 1.62. The minimum absolute atomic E-state index is 0.224. The molecule has 13 heavy (non-hydrogen) atoms. The van der Waals surface area contributed by atoms with Gasteiger partial charge in [0.25, 0.3) is 0 Å². The van der Waals surface area contributed by atoms with Crippen molar-refractivity contribution in [2.24, 2.45) is 5.73 Å². The summed E-state index contributed by atoms with van der Waals surface area (Å²) in [5, 5.41) is 0. The highest BCUT2D eigenvalue weighted by Gasteiger charge is 2.11. The second kappa shape index (κ2) is 3.93. The topological polar surface area (TPSA) is 26.0 Å². The highest BCUT2D eigenvalue weighted by Crippen LogP contribution is 2.22. The third-order valence-corrected chi connectivity index (χ3v) is 2.70. The van der Waals surface area contributed by atoms with Crippen LogP contribution in [-0.2, 0) is 0 Å². The van der Waals surface area contributed by atoms with Crippen molar-refractivity contribution >= 4 is 0 Å². The molecule has 0 spiro atoms. The molecule has 0 bridgehead atoms. The average molecular weight is 177 g/mol. The van der Waals surface area contributed by atoms with Crippen LogP contribution in [0, 0.1) is 13.8 Å². The van der Waals surface area contributed by atoms with E-state index in [2.05, 4.69) is 45.9 Å². The molecule has 0 aliphatic rings. The van der Waals surface area contributed by atoms with Gasteiger partial charge < -0.3 is 5.73 Å². The van der Waals surface area contributed by atoms with Crippen molar-refractivity contribution in [3.8, 4) is 0 Å². The lowest BCUT2D eigenvalue weighted by atomic mass is 9.90. The quantitative estimate of drug-likeness (QED) is 0.738. The van der Waals surface area contributed by atoms with Crippen molar-refractivity contribution in [1.82, 2.24) is 0 Å². The lowest BCUT2D eigenvalue weighted by molar-refractivity contribution is 0.610. The number of benzene rings is 1. The van der Waals surface area contributed by atoms with E-state index in [0.29, 0.717) is 5.92 Å². The minimum atomic E-state index is 0.224. The van der Waals surface area contributed by atoms with E-state index < -0.39 is 0 Å². The maximum absolute atomic E-state index is 5.87. The van der Waals surface area contributed by atoms with E-state index in [9.17, 15) is 0 Å². The molecule has 0 fully saturated rings. The molecule has 1 nitrogen and oxygen atoms in total. The van der Waals surface area contributed by atoms with Gasteiger partial charge in [0, 0.05) is 6.04 Å². The van der Waals surface area contributed by atoms with Crippen molar-refractivity contribution in [2.75, 3.05) is 0 Å². The fourth-order valence-electron chi connectivity index (χ4n) is 1.62. The summed E-state index contributed by atoms with van der Waals surface area (Å²) in [5.41, 5.74) is 9.92. The summed E-state index contributed by atoms with van der Waals surface area (Å²) < 4.78 is 0. The zero-order valence-corrected chi connectivity index (χ0v) is 8.96. The zero-order chi connectivity index (χ0) is 10.0. The summed E-state index contributed by atoms with van der Waals surface area (Å²) in [5.74, 6) is 0.445. The molecule has 0 amide bonds. The molecule has 2 atom stereocenters. The lowest BCUT2D eigenvalue weighted by Crippen LogP contribution is -2.23. The van der Waals surface area contributed by atoms with Gasteiger partial charge in [-0.05, 0) is 37.8 Å². The standard InChI is InChI=1S/C12H19N/c1-8-5-6-12(9(2)7-8)10(3)11(4)13/h5-7,10-11H,13H2,1-4H3. The molecular formula is C12H19N. The van der Waals surface area contributed by atoms with Gasteiger partial charge in [-0.3, -0.25) is 0 Å². The molecular weight excluding hydrogens is 158 g/mol. The number of hydrogen-bond donors (Lipinski definition) is 1. The Labute approximate surface area is 81.0 Å². The van der Waals surface area contributed by atoms with Crippen LogP contribution < -0.4 is 5.73 Å². The van der Waals surface area contributed by atoms with Crippen molar-refractivity contribution in [2.45, 2.75) is 39.7 Å². The molecule has 0 heterocycles. The van der Waals surface area contributed by atoms with Gasteiger partial charge in [-0.25, -0.2) is 0 Å². The van der Waals surface area contributed by atoms with Crippen LogP contribution in [0.4, 0.5) is 0 Å². The largest absolute Gasteiger partial charge is 0.327 e. The summed E-state index contributed by atoms with van der Waals surface area (Å²) in [6, 6.07) is 6.79. The first kappa shape index (κ1) is 10.3. The van der Waals surface area contributed by atoms with E-state index in [1.54, 1.807) is 0 Å². The van der Waals surface area contributed by atoms with Crippen molar-refractivity contribution in [3.63, 3.8) is 0 Å². The third kappa shape index (κ3) is 2.31. The average Bonchev–Trinajstić information content (AvgIpc) is 2.03. The van der Waals surface area contributed by atoms with Crippen LogP contribution in [-0.4, -0.2) is 6.04 Å². The molecule has 1 rings (SSSR count). The first-order valence-corrected chi connectivity index (χ1v) is 4.85. The fraction of sp³-hybridized carbons (Fsp3) is 0.500. The Bertz CT molecular complexity index is 289. The molecule has 1 heteroatoms.